The summed E-state index contributed by atoms with van der Waals surface area (Å²) in [6, 6.07) is 4.00. The minimum atomic E-state index is -0.367. The lowest BCUT2D eigenvalue weighted by molar-refractivity contribution is 0.0929. The fourth-order valence-electron chi connectivity index (χ4n) is 5.69. The first-order chi connectivity index (χ1) is 14.6. The van der Waals surface area contributed by atoms with E-state index in [0.29, 0.717) is 34.7 Å². The van der Waals surface area contributed by atoms with Crippen LogP contribution < -0.4 is 5.32 Å². The Kier molecular flexibility index (Phi) is 3.88. The highest BCUT2D eigenvalue weighted by Crippen LogP contribution is 2.46. The third-order valence-corrected chi connectivity index (χ3v) is 7.40. The van der Waals surface area contributed by atoms with Gasteiger partial charge in [-0.1, -0.05) is 6.92 Å². The van der Waals surface area contributed by atoms with Crippen LogP contribution in [0.25, 0.3) is 33.5 Å². The normalized spacial score (nSPS) is 26.0. The summed E-state index contributed by atoms with van der Waals surface area (Å²) in [4.78, 5) is 17.0. The van der Waals surface area contributed by atoms with Gasteiger partial charge in [0, 0.05) is 36.4 Å². The molecule has 4 aromatic rings. The molecule has 0 spiro atoms. The standard InChI is InChI=1S/C23H25FN6/c1-12-13-3-5-14(6-4-13)19(12)27-21-16-7-8-30(2)23(16)29-22(28-21)18-11-26-20-17(18)9-15(24)10-25-20/h7-14,19H,3-6H2,1-2H3,(H,25,26)(H,27,28,29). The summed E-state index contributed by atoms with van der Waals surface area (Å²) in [6.45, 7) is 2.38. The second-order valence-electron chi connectivity index (χ2n) is 9.02. The zero-order valence-corrected chi connectivity index (χ0v) is 17.2. The quantitative estimate of drug-likeness (QED) is 0.510. The van der Waals surface area contributed by atoms with Crippen molar-refractivity contribution in [2.24, 2.45) is 24.8 Å². The van der Waals surface area contributed by atoms with Crippen molar-refractivity contribution in [1.82, 2.24) is 24.5 Å². The minimum absolute atomic E-state index is 0.367. The molecule has 0 radical (unpaired) electrons. The molecule has 0 aromatic carbocycles. The van der Waals surface area contributed by atoms with Crippen molar-refractivity contribution in [2.45, 2.75) is 38.6 Å². The van der Waals surface area contributed by atoms with Crippen molar-refractivity contribution in [3.05, 3.63) is 36.5 Å². The van der Waals surface area contributed by atoms with Gasteiger partial charge in [0.05, 0.1) is 11.6 Å². The Morgan fingerprint density at radius 3 is 2.73 bits per heavy atom. The summed E-state index contributed by atoms with van der Waals surface area (Å²) < 4.78 is 15.9. The summed E-state index contributed by atoms with van der Waals surface area (Å²) in [5.41, 5.74) is 2.27. The van der Waals surface area contributed by atoms with Crippen molar-refractivity contribution < 1.29 is 4.39 Å². The molecule has 3 aliphatic carbocycles. The first kappa shape index (κ1) is 17.9. The summed E-state index contributed by atoms with van der Waals surface area (Å²) in [5.74, 6) is 3.24. The van der Waals surface area contributed by atoms with Gasteiger partial charge in [0.25, 0.3) is 0 Å². The lowest BCUT2D eigenvalue weighted by Gasteiger charge is -2.47. The Morgan fingerprint density at radius 1 is 1.13 bits per heavy atom. The van der Waals surface area contributed by atoms with Crippen LogP contribution >= 0.6 is 0 Å². The van der Waals surface area contributed by atoms with Crippen LogP contribution in [0.4, 0.5) is 10.2 Å². The molecular weight excluding hydrogens is 379 g/mol. The average Bonchev–Trinajstić information content (AvgIpc) is 3.34. The van der Waals surface area contributed by atoms with E-state index in [-0.39, 0.29) is 5.82 Å². The molecular formula is C23H25FN6. The molecule has 3 fully saturated rings. The molecule has 4 heterocycles. The maximum Gasteiger partial charge on any atom is 0.166 e. The van der Waals surface area contributed by atoms with Crippen LogP contribution in [-0.2, 0) is 7.05 Å². The van der Waals surface area contributed by atoms with Crippen molar-refractivity contribution >= 4 is 27.9 Å². The van der Waals surface area contributed by atoms with Gasteiger partial charge in [-0.15, -0.1) is 0 Å². The van der Waals surface area contributed by atoms with E-state index in [2.05, 4.69) is 28.3 Å². The average molecular weight is 404 g/mol. The van der Waals surface area contributed by atoms with E-state index in [0.717, 1.165) is 28.3 Å². The molecule has 3 saturated carbocycles. The van der Waals surface area contributed by atoms with Crippen LogP contribution in [0.3, 0.4) is 0 Å². The summed E-state index contributed by atoms with van der Waals surface area (Å²) in [6.07, 6.45) is 10.4. The molecule has 7 heteroatoms. The van der Waals surface area contributed by atoms with E-state index in [1.807, 2.05) is 24.0 Å². The van der Waals surface area contributed by atoms with Crippen LogP contribution in [0.1, 0.15) is 32.6 Å². The highest BCUT2D eigenvalue weighted by atomic mass is 19.1. The van der Waals surface area contributed by atoms with Crippen molar-refractivity contribution in [3.8, 4) is 11.4 Å². The Labute approximate surface area is 173 Å². The number of hydrogen-bond acceptors (Lipinski definition) is 4. The summed E-state index contributed by atoms with van der Waals surface area (Å²) in [7, 11) is 1.99. The van der Waals surface area contributed by atoms with Crippen molar-refractivity contribution in [1.29, 1.82) is 0 Å². The first-order valence-electron chi connectivity index (χ1n) is 10.8. The van der Waals surface area contributed by atoms with E-state index in [1.165, 1.54) is 37.9 Å². The first-order valence-corrected chi connectivity index (χ1v) is 10.8. The summed E-state index contributed by atoms with van der Waals surface area (Å²) >= 11 is 0. The number of nitrogens with zero attached hydrogens (tertiary/aromatic N) is 4. The molecule has 0 aliphatic heterocycles. The van der Waals surface area contributed by atoms with E-state index in [9.17, 15) is 4.39 Å². The Balaban J connectivity index is 1.48. The fraction of sp³-hybridized carbons (Fsp3) is 0.435. The largest absolute Gasteiger partial charge is 0.366 e. The number of hydrogen-bond donors (Lipinski definition) is 2. The van der Waals surface area contributed by atoms with Gasteiger partial charge in [-0.3, -0.25) is 0 Å². The fourth-order valence-corrected chi connectivity index (χ4v) is 5.69. The molecule has 2 bridgehead atoms. The van der Waals surface area contributed by atoms with Gasteiger partial charge >= 0.3 is 0 Å². The molecule has 2 atom stereocenters. The number of rotatable bonds is 3. The molecule has 2 unspecified atom stereocenters. The highest BCUT2D eigenvalue weighted by molar-refractivity contribution is 5.95. The zero-order valence-electron chi connectivity index (χ0n) is 17.2. The van der Waals surface area contributed by atoms with Crippen LogP contribution in [-0.4, -0.2) is 30.5 Å². The molecule has 0 amide bonds. The second kappa shape index (κ2) is 6.52. The predicted molar refractivity (Wildman–Crippen MR) is 116 cm³/mol. The molecule has 7 rings (SSSR count). The monoisotopic (exact) mass is 404 g/mol. The molecule has 6 nitrogen and oxygen atoms in total. The van der Waals surface area contributed by atoms with Crippen LogP contribution in [0.15, 0.2) is 30.7 Å². The highest BCUT2D eigenvalue weighted by Gasteiger charge is 2.41. The third-order valence-electron chi connectivity index (χ3n) is 7.40. The zero-order chi connectivity index (χ0) is 20.4. The number of aromatic amines is 1. The number of pyridine rings is 1. The smallest absolute Gasteiger partial charge is 0.166 e. The van der Waals surface area contributed by atoms with Gasteiger partial charge in [-0.05, 0) is 55.6 Å². The van der Waals surface area contributed by atoms with E-state index >= 15 is 0 Å². The van der Waals surface area contributed by atoms with E-state index in [1.54, 1.807) is 0 Å². The van der Waals surface area contributed by atoms with Gasteiger partial charge in [-0.25, -0.2) is 19.3 Å². The summed E-state index contributed by atoms with van der Waals surface area (Å²) in [5, 5.41) is 5.54. The number of H-pyrrole nitrogens is 1. The van der Waals surface area contributed by atoms with Gasteiger partial charge in [0.15, 0.2) is 5.82 Å². The topological polar surface area (TPSA) is 71.4 Å². The lowest BCUT2D eigenvalue weighted by Crippen LogP contribution is -2.47. The molecule has 30 heavy (non-hydrogen) atoms. The van der Waals surface area contributed by atoms with Crippen LogP contribution in [0.2, 0.25) is 0 Å². The van der Waals surface area contributed by atoms with Crippen molar-refractivity contribution in [2.75, 3.05) is 5.32 Å². The van der Waals surface area contributed by atoms with Crippen LogP contribution in [0, 0.1) is 23.6 Å². The SMILES string of the molecule is CC1C2CCC(CC2)C1Nc1nc(-c2c[nH]c3ncc(F)cc23)nc2c1ccn2C. The Hall–Kier alpha value is -2.96. The van der Waals surface area contributed by atoms with Crippen LogP contribution in [0.5, 0.6) is 0 Å². The molecule has 3 aliphatic rings. The van der Waals surface area contributed by atoms with Gasteiger partial charge in [0.2, 0.25) is 0 Å². The predicted octanol–water partition coefficient (Wildman–Crippen LogP) is 4.89. The Bertz CT molecular complexity index is 1250. The molecule has 154 valence electrons. The number of aryl methyl sites for hydroxylation is 1. The number of nitrogens with one attached hydrogen (secondary N) is 2. The number of aromatic nitrogens is 5. The molecule has 0 saturated heterocycles. The van der Waals surface area contributed by atoms with E-state index in [4.69, 9.17) is 9.97 Å². The van der Waals surface area contributed by atoms with Gasteiger partial charge in [0.1, 0.15) is 22.9 Å². The number of halogens is 1. The van der Waals surface area contributed by atoms with Crippen molar-refractivity contribution in [3.63, 3.8) is 0 Å². The molecule has 4 aromatic heterocycles. The second-order valence-corrected chi connectivity index (χ2v) is 9.02. The maximum atomic E-state index is 13.9. The van der Waals surface area contributed by atoms with Gasteiger partial charge in [-0.2, -0.15) is 0 Å². The molecule has 2 N–H and O–H groups in total. The minimum Gasteiger partial charge on any atom is -0.366 e. The van der Waals surface area contributed by atoms with E-state index < -0.39 is 0 Å². The number of fused-ring (bicyclic) bond motifs is 5. The lowest BCUT2D eigenvalue weighted by atomic mass is 9.62. The number of anilines is 1. The van der Waals surface area contributed by atoms with Gasteiger partial charge < -0.3 is 14.9 Å². The third kappa shape index (κ3) is 2.64. The maximum absolute atomic E-state index is 13.9. The Morgan fingerprint density at radius 2 is 1.93 bits per heavy atom.